The van der Waals surface area contributed by atoms with E-state index in [0.717, 1.165) is 6.42 Å². The molecule has 3 rings (SSSR count). The number of esters is 1. The second kappa shape index (κ2) is 7.43. The van der Waals surface area contributed by atoms with Gasteiger partial charge in [-0.25, -0.2) is 0 Å². The summed E-state index contributed by atoms with van der Waals surface area (Å²) in [6, 6.07) is 0.562. The quantitative estimate of drug-likeness (QED) is 0.564. The first-order chi connectivity index (χ1) is 11.1. The Morgan fingerprint density at radius 2 is 1.78 bits per heavy atom. The molecule has 3 fully saturated rings. The molecule has 0 N–H and O–H groups in total. The Morgan fingerprint density at radius 3 is 2.57 bits per heavy atom. The third-order valence-corrected chi connectivity index (χ3v) is 5.38. The van der Waals surface area contributed by atoms with Gasteiger partial charge in [-0.1, -0.05) is 6.42 Å². The van der Waals surface area contributed by atoms with Crippen LogP contribution < -0.4 is 0 Å². The topological polar surface area (TPSA) is 66.9 Å². The van der Waals surface area contributed by atoms with Crippen LogP contribution in [0.4, 0.5) is 0 Å². The maximum atomic E-state index is 11.9. The van der Waals surface area contributed by atoms with Gasteiger partial charge in [-0.05, 0) is 38.8 Å². The molecule has 0 aliphatic carbocycles. The number of carbonyl (C=O) groups excluding carboxylic acids is 3. The van der Waals surface area contributed by atoms with Gasteiger partial charge in [0.25, 0.3) is 0 Å². The van der Waals surface area contributed by atoms with E-state index in [1.54, 1.807) is 0 Å². The van der Waals surface area contributed by atoms with Crippen LogP contribution in [0.25, 0.3) is 0 Å². The van der Waals surface area contributed by atoms with E-state index in [9.17, 15) is 14.4 Å². The van der Waals surface area contributed by atoms with Crippen molar-refractivity contribution in [1.82, 2.24) is 9.80 Å². The Morgan fingerprint density at radius 1 is 1.04 bits per heavy atom. The summed E-state index contributed by atoms with van der Waals surface area (Å²) < 4.78 is 5.45. The standard InChI is InChI=1S/C17H26N2O4/c20-15-6-7-16(21)19(15)11-8-17(22)23-12-13-4-3-10-18-9-2-1-5-14(13)18/h13-14H,1-12H2/t13-,14-/m0/s1. The molecule has 2 amide bonds. The third-order valence-electron chi connectivity index (χ3n) is 5.38. The summed E-state index contributed by atoms with van der Waals surface area (Å²) in [5, 5.41) is 0. The maximum absolute atomic E-state index is 11.9. The number of fused-ring (bicyclic) bond motifs is 1. The smallest absolute Gasteiger partial charge is 0.307 e. The van der Waals surface area contributed by atoms with E-state index in [4.69, 9.17) is 4.74 Å². The van der Waals surface area contributed by atoms with Crippen molar-refractivity contribution in [1.29, 1.82) is 0 Å². The lowest BCUT2D eigenvalue weighted by atomic mass is 9.84. The molecule has 0 aromatic carbocycles. The van der Waals surface area contributed by atoms with Crippen LogP contribution in [-0.4, -0.2) is 59.9 Å². The molecule has 0 spiro atoms. The highest BCUT2D eigenvalue weighted by molar-refractivity contribution is 6.02. The number of carbonyl (C=O) groups is 3. The molecule has 0 unspecified atom stereocenters. The zero-order valence-corrected chi connectivity index (χ0v) is 13.7. The van der Waals surface area contributed by atoms with Gasteiger partial charge in [-0.15, -0.1) is 0 Å². The number of rotatable bonds is 5. The van der Waals surface area contributed by atoms with Crippen LogP contribution >= 0.6 is 0 Å². The Hall–Kier alpha value is -1.43. The first-order valence-electron chi connectivity index (χ1n) is 8.88. The van der Waals surface area contributed by atoms with Crippen molar-refractivity contribution >= 4 is 17.8 Å². The molecule has 23 heavy (non-hydrogen) atoms. The second-order valence-electron chi connectivity index (χ2n) is 6.87. The fraction of sp³-hybridized carbons (Fsp3) is 0.824. The van der Waals surface area contributed by atoms with Gasteiger partial charge in [-0.2, -0.15) is 0 Å². The number of imide groups is 1. The van der Waals surface area contributed by atoms with Crippen LogP contribution in [0.5, 0.6) is 0 Å². The number of hydrogen-bond acceptors (Lipinski definition) is 5. The Bertz CT molecular complexity index is 461. The molecule has 0 saturated carbocycles. The van der Waals surface area contributed by atoms with E-state index in [1.165, 1.54) is 43.7 Å². The largest absolute Gasteiger partial charge is 0.465 e. The van der Waals surface area contributed by atoms with E-state index in [-0.39, 0.29) is 43.6 Å². The number of ether oxygens (including phenoxy) is 1. The van der Waals surface area contributed by atoms with Crippen molar-refractivity contribution in [3.05, 3.63) is 0 Å². The van der Waals surface area contributed by atoms with E-state index < -0.39 is 0 Å². The fourth-order valence-corrected chi connectivity index (χ4v) is 4.12. The highest BCUT2D eigenvalue weighted by Gasteiger charge is 2.34. The number of amides is 2. The number of likely N-dealkylation sites (tertiary alicyclic amines) is 1. The summed E-state index contributed by atoms with van der Waals surface area (Å²) in [4.78, 5) is 38.7. The van der Waals surface area contributed by atoms with Gasteiger partial charge >= 0.3 is 5.97 Å². The van der Waals surface area contributed by atoms with Gasteiger partial charge in [0, 0.05) is 31.3 Å². The summed E-state index contributed by atoms with van der Waals surface area (Å²) in [6.45, 7) is 2.99. The highest BCUT2D eigenvalue weighted by atomic mass is 16.5. The molecular weight excluding hydrogens is 296 g/mol. The first-order valence-corrected chi connectivity index (χ1v) is 8.88. The van der Waals surface area contributed by atoms with Gasteiger partial charge < -0.3 is 4.74 Å². The van der Waals surface area contributed by atoms with Crippen molar-refractivity contribution in [3.63, 3.8) is 0 Å². The zero-order chi connectivity index (χ0) is 16.2. The van der Waals surface area contributed by atoms with Crippen molar-refractivity contribution in [2.24, 2.45) is 5.92 Å². The van der Waals surface area contributed by atoms with E-state index in [2.05, 4.69) is 4.90 Å². The number of piperidine rings is 2. The van der Waals surface area contributed by atoms with Crippen molar-refractivity contribution in [2.75, 3.05) is 26.2 Å². The minimum Gasteiger partial charge on any atom is -0.465 e. The van der Waals surface area contributed by atoms with Crippen molar-refractivity contribution in [3.8, 4) is 0 Å². The SMILES string of the molecule is O=C(CCN1C(=O)CCC1=O)OC[C@@H]1CCCN2CCCC[C@@H]12. The van der Waals surface area contributed by atoms with Crippen LogP contribution in [0.1, 0.15) is 51.4 Å². The molecule has 2 atom stereocenters. The van der Waals surface area contributed by atoms with Crippen LogP contribution in [0.3, 0.4) is 0 Å². The van der Waals surface area contributed by atoms with Crippen LogP contribution in [0, 0.1) is 5.92 Å². The summed E-state index contributed by atoms with van der Waals surface area (Å²) in [6.07, 6.45) is 6.71. The van der Waals surface area contributed by atoms with Crippen LogP contribution in [0.15, 0.2) is 0 Å². The van der Waals surface area contributed by atoms with E-state index in [1.807, 2.05) is 0 Å². The Kier molecular flexibility index (Phi) is 5.30. The minimum absolute atomic E-state index is 0.110. The minimum atomic E-state index is -0.301. The van der Waals surface area contributed by atoms with Crippen LogP contribution in [0.2, 0.25) is 0 Å². The lowest BCUT2D eigenvalue weighted by Gasteiger charge is -2.44. The van der Waals surface area contributed by atoms with Crippen molar-refractivity contribution in [2.45, 2.75) is 57.4 Å². The number of nitrogens with zero attached hydrogens (tertiary/aromatic N) is 2. The van der Waals surface area contributed by atoms with E-state index in [0.29, 0.717) is 18.6 Å². The average molecular weight is 322 g/mol. The molecule has 3 heterocycles. The van der Waals surface area contributed by atoms with Gasteiger partial charge in [0.05, 0.1) is 13.0 Å². The fourth-order valence-electron chi connectivity index (χ4n) is 4.12. The number of hydrogen-bond donors (Lipinski definition) is 0. The lowest BCUT2D eigenvalue weighted by molar-refractivity contribution is -0.147. The molecular formula is C17H26N2O4. The molecule has 3 aliphatic rings. The van der Waals surface area contributed by atoms with Gasteiger partial charge in [0.1, 0.15) is 0 Å². The average Bonchev–Trinajstić information content (AvgIpc) is 2.89. The second-order valence-corrected chi connectivity index (χ2v) is 6.87. The van der Waals surface area contributed by atoms with Crippen LogP contribution in [-0.2, 0) is 19.1 Å². The monoisotopic (exact) mass is 322 g/mol. The van der Waals surface area contributed by atoms with Gasteiger partial charge in [-0.3, -0.25) is 24.2 Å². The molecule has 0 bridgehead atoms. The molecule has 128 valence electrons. The predicted octanol–water partition coefficient (Wildman–Crippen LogP) is 1.33. The summed E-state index contributed by atoms with van der Waals surface area (Å²) in [7, 11) is 0. The first kappa shape index (κ1) is 16.4. The summed E-state index contributed by atoms with van der Waals surface area (Å²) in [5.74, 6) is -0.214. The van der Waals surface area contributed by atoms with Crippen molar-refractivity contribution < 1.29 is 19.1 Å². The van der Waals surface area contributed by atoms with E-state index >= 15 is 0 Å². The van der Waals surface area contributed by atoms with Gasteiger partial charge in [0.2, 0.25) is 11.8 Å². The van der Waals surface area contributed by atoms with Gasteiger partial charge in [0.15, 0.2) is 0 Å². The Labute approximate surface area is 137 Å². The lowest BCUT2D eigenvalue weighted by Crippen LogP contribution is -2.49. The zero-order valence-electron chi connectivity index (χ0n) is 13.7. The normalized spacial score (nSPS) is 28.8. The Balaban J connectivity index is 1.41. The maximum Gasteiger partial charge on any atom is 0.307 e. The molecule has 0 aromatic rings. The molecule has 3 aliphatic heterocycles. The molecule has 6 heteroatoms. The molecule has 0 aromatic heterocycles. The third kappa shape index (κ3) is 3.91. The predicted molar refractivity (Wildman–Crippen MR) is 83.5 cm³/mol. The summed E-state index contributed by atoms with van der Waals surface area (Å²) >= 11 is 0. The summed E-state index contributed by atoms with van der Waals surface area (Å²) in [5.41, 5.74) is 0. The highest BCUT2D eigenvalue weighted by Crippen LogP contribution is 2.31. The molecule has 6 nitrogen and oxygen atoms in total. The molecule has 0 radical (unpaired) electrons. The molecule has 3 saturated heterocycles.